The van der Waals surface area contributed by atoms with E-state index in [1.165, 1.54) is 0 Å². The Morgan fingerprint density at radius 3 is 2.34 bits per heavy atom. The van der Waals surface area contributed by atoms with E-state index in [0.717, 1.165) is 36.2 Å². The molecule has 1 amide bonds. The van der Waals surface area contributed by atoms with Gasteiger partial charge in [-0.25, -0.2) is 0 Å². The fourth-order valence-corrected chi connectivity index (χ4v) is 4.45. The molecule has 0 saturated carbocycles. The van der Waals surface area contributed by atoms with Crippen molar-refractivity contribution in [3.05, 3.63) is 69.7 Å². The zero-order valence-electron chi connectivity index (χ0n) is 17.9. The highest BCUT2D eigenvalue weighted by Gasteiger charge is 2.46. The van der Waals surface area contributed by atoms with Crippen molar-refractivity contribution in [1.29, 1.82) is 0 Å². The number of aliphatic hydroxyl groups is 1. The number of aliphatic hydroxyl groups excluding tert-OH is 1. The minimum Gasteiger partial charge on any atom is -0.507 e. The number of methoxy groups -OCH3 is 1. The average molecular weight is 500 g/mol. The summed E-state index contributed by atoms with van der Waals surface area (Å²) in [5.41, 5.74) is 1.36. The molecule has 0 radical (unpaired) electrons. The maximum absolute atomic E-state index is 13.1. The lowest BCUT2D eigenvalue weighted by atomic mass is 9.95. The number of carbonyl (C=O) groups is 2. The first-order chi connectivity index (χ1) is 15.5. The number of amides is 1. The lowest BCUT2D eigenvalue weighted by molar-refractivity contribution is -0.140. The first-order valence-electron chi connectivity index (χ1n) is 10.6. The number of nitrogens with zero attached hydrogens (tertiary/aromatic N) is 2. The molecule has 2 aromatic carbocycles. The topological polar surface area (TPSA) is 82.1 Å². The highest BCUT2D eigenvalue weighted by atomic mass is 79.9. The van der Waals surface area contributed by atoms with E-state index in [0.29, 0.717) is 24.4 Å². The third-order valence-electron chi connectivity index (χ3n) is 5.96. The molecule has 8 heteroatoms. The van der Waals surface area contributed by atoms with Crippen LogP contribution in [0.2, 0.25) is 0 Å². The van der Waals surface area contributed by atoms with E-state index >= 15 is 0 Å². The highest BCUT2D eigenvalue weighted by Crippen LogP contribution is 2.39. The summed E-state index contributed by atoms with van der Waals surface area (Å²) >= 11 is 3.44. The van der Waals surface area contributed by atoms with E-state index in [4.69, 9.17) is 4.74 Å². The summed E-state index contributed by atoms with van der Waals surface area (Å²) in [6.07, 6.45) is 0. The second-order valence-corrected chi connectivity index (χ2v) is 8.78. The quantitative estimate of drug-likeness (QED) is 0.361. The van der Waals surface area contributed by atoms with Gasteiger partial charge in [-0.15, -0.1) is 0 Å². The Balaban J connectivity index is 1.71. The van der Waals surface area contributed by atoms with E-state index < -0.39 is 17.7 Å². The lowest BCUT2D eigenvalue weighted by Gasteiger charge is -2.31. The van der Waals surface area contributed by atoms with Gasteiger partial charge in [0.25, 0.3) is 11.7 Å². The molecule has 32 heavy (non-hydrogen) atoms. The number of Topliss-reactive ketones (excluding diaryl/α,β-unsaturated/α-hetero) is 1. The van der Waals surface area contributed by atoms with Gasteiger partial charge < -0.3 is 20.1 Å². The van der Waals surface area contributed by atoms with Crippen molar-refractivity contribution in [2.45, 2.75) is 6.04 Å². The second-order valence-electron chi connectivity index (χ2n) is 7.86. The van der Waals surface area contributed by atoms with Gasteiger partial charge in [0.05, 0.1) is 18.7 Å². The highest BCUT2D eigenvalue weighted by molar-refractivity contribution is 9.10. The smallest absolute Gasteiger partial charge is 0.295 e. The molecule has 2 aromatic rings. The molecule has 2 saturated heterocycles. The third kappa shape index (κ3) is 4.57. The number of likely N-dealkylation sites (tertiary alicyclic amines) is 1. The van der Waals surface area contributed by atoms with Crippen LogP contribution in [-0.4, -0.2) is 73.0 Å². The van der Waals surface area contributed by atoms with Gasteiger partial charge in [-0.05, 0) is 42.0 Å². The van der Waals surface area contributed by atoms with Crippen molar-refractivity contribution in [3.8, 4) is 5.75 Å². The molecule has 2 aliphatic rings. The Kier molecular flexibility index (Phi) is 6.93. The Labute approximate surface area is 195 Å². The van der Waals surface area contributed by atoms with Crippen molar-refractivity contribution in [3.63, 3.8) is 0 Å². The number of ketones is 1. The summed E-state index contributed by atoms with van der Waals surface area (Å²) in [5, 5.41) is 14.4. The van der Waals surface area contributed by atoms with Crippen LogP contribution >= 0.6 is 15.9 Å². The molecule has 2 aliphatic heterocycles. The Hall–Kier alpha value is -2.68. The molecule has 0 bridgehead atoms. The maximum Gasteiger partial charge on any atom is 0.295 e. The van der Waals surface area contributed by atoms with Crippen LogP contribution in [0, 0.1) is 0 Å². The predicted octanol–water partition coefficient (Wildman–Crippen LogP) is 2.78. The van der Waals surface area contributed by atoms with Gasteiger partial charge in [0.1, 0.15) is 11.5 Å². The summed E-state index contributed by atoms with van der Waals surface area (Å²) < 4.78 is 6.08. The number of piperazine rings is 1. The van der Waals surface area contributed by atoms with Gasteiger partial charge in [-0.2, -0.15) is 0 Å². The summed E-state index contributed by atoms with van der Waals surface area (Å²) in [6, 6.07) is 13.6. The van der Waals surface area contributed by atoms with E-state index in [-0.39, 0.29) is 11.3 Å². The average Bonchev–Trinajstić information content (AvgIpc) is 3.08. The zero-order valence-corrected chi connectivity index (χ0v) is 19.5. The number of hydrogen-bond donors (Lipinski definition) is 2. The number of hydrogen-bond acceptors (Lipinski definition) is 6. The van der Waals surface area contributed by atoms with E-state index in [2.05, 4.69) is 26.1 Å². The van der Waals surface area contributed by atoms with Crippen molar-refractivity contribution in [2.24, 2.45) is 0 Å². The summed E-state index contributed by atoms with van der Waals surface area (Å²) in [7, 11) is 1.56. The normalized spacial score (nSPS) is 21.2. The molecule has 2 heterocycles. The van der Waals surface area contributed by atoms with E-state index in [1.807, 2.05) is 24.3 Å². The molecular formula is C24H26BrN3O4. The number of benzene rings is 2. The molecule has 1 atom stereocenters. The van der Waals surface area contributed by atoms with Crippen LogP contribution in [0.15, 0.2) is 58.6 Å². The zero-order chi connectivity index (χ0) is 22.7. The van der Waals surface area contributed by atoms with Crippen molar-refractivity contribution >= 4 is 33.4 Å². The fourth-order valence-electron chi connectivity index (χ4n) is 4.19. The van der Waals surface area contributed by atoms with Crippen LogP contribution in [0.25, 0.3) is 5.76 Å². The Morgan fingerprint density at radius 2 is 1.72 bits per heavy atom. The van der Waals surface area contributed by atoms with Crippen LogP contribution < -0.4 is 10.1 Å². The second kappa shape index (κ2) is 9.85. The van der Waals surface area contributed by atoms with Crippen LogP contribution in [0.1, 0.15) is 17.2 Å². The fraction of sp³-hybridized carbons (Fsp3) is 0.333. The van der Waals surface area contributed by atoms with Gasteiger partial charge in [0.2, 0.25) is 0 Å². The molecule has 0 spiro atoms. The van der Waals surface area contributed by atoms with Gasteiger partial charge in [-0.3, -0.25) is 14.5 Å². The molecule has 2 fully saturated rings. The first kappa shape index (κ1) is 22.5. The SMILES string of the molecule is COc1ccc(C(O)=C2C(=O)C(=O)N(CCN3CCNCC3)[C@@H]2c2ccc(Br)cc2)cc1. The summed E-state index contributed by atoms with van der Waals surface area (Å²) in [5.74, 6) is -0.777. The standard InChI is InChI=1S/C24H26BrN3O4/c1-32-19-8-4-17(5-9-19)22(29)20-21(16-2-6-18(25)7-3-16)28(24(31)23(20)30)15-14-27-12-10-26-11-13-27/h2-9,21,26,29H,10-15H2,1H3/t21-/m1/s1. The Morgan fingerprint density at radius 1 is 1.06 bits per heavy atom. The molecule has 0 unspecified atom stereocenters. The number of carbonyl (C=O) groups excluding carboxylic acids is 2. The van der Waals surface area contributed by atoms with Crippen LogP contribution in [0.5, 0.6) is 5.75 Å². The van der Waals surface area contributed by atoms with Crippen molar-refractivity contribution in [1.82, 2.24) is 15.1 Å². The van der Waals surface area contributed by atoms with Gasteiger partial charge in [-0.1, -0.05) is 28.1 Å². The number of nitrogens with one attached hydrogen (secondary N) is 1. The summed E-state index contributed by atoms with van der Waals surface area (Å²) in [4.78, 5) is 30.0. The molecule has 7 nitrogen and oxygen atoms in total. The van der Waals surface area contributed by atoms with Crippen molar-refractivity contribution < 1.29 is 19.4 Å². The van der Waals surface area contributed by atoms with E-state index in [1.54, 1.807) is 36.3 Å². The largest absolute Gasteiger partial charge is 0.507 e. The predicted molar refractivity (Wildman–Crippen MR) is 125 cm³/mol. The van der Waals surface area contributed by atoms with Gasteiger partial charge in [0, 0.05) is 49.3 Å². The van der Waals surface area contributed by atoms with Crippen LogP contribution in [0.3, 0.4) is 0 Å². The minimum absolute atomic E-state index is 0.114. The minimum atomic E-state index is -0.661. The molecule has 168 valence electrons. The van der Waals surface area contributed by atoms with Crippen molar-refractivity contribution in [2.75, 3.05) is 46.4 Å². The number of rotatable bonds is 6. The molecule has 2 N–H and O–H groups in total. The van der Waals surface area contributed by atoms with E-state index in [9.17, 15) is 14.7 Å². The maximum atomic E-state index is 13.1. The molecule has 4 rings (SSSR count). The monoisotopic (exact) mass is 499 g/mol. The van der Waals surface area contributed by atoms with Gasteiger partial charge >= 0.3 is 0 Å². The molecular weight excluding hydrogens is 474 g/mol. The van der Waals surface area contributed by atoms with Crippen LogP contribution in [-0.2, 0) is 9.59 Å². The third-order valence-corrected chi connectivity index (χ3v) is 6.48. The number of ether oxygens (including phenoxy) is 1. The summed E-state index contributed by atoms with van der Waals surface area (Å²) in [6.45, 7) is 4.70. The number of halogens is 1. The molecule has 0 aromatic heterocycles. The van der Waals surface area contributed by atoms with Crippen LogP contribution in [0.4, 0.5) is 0 Å². The lowest BCUT2D eigenvalue weighted by Crippen LogP contribution is -2.46. The first-order valence-corrected chi connectivity index (χ1v) is 11.4. The molecule has 0 aliphatic carbocycles. The Bertz CT molecular complexity index is 1010. The van der Waals surface area contributed by atoms with Gasteiger partial charge in [0.15, 0.2) is 0 Å².